The normalized spacial score (nSPS) is 10.1. The van der Waals surface area contributed by atoms with Crippen molar-refractivity contribution in [3.63, 3.8) is 0 Å². The van der Waals surface area contributed by atoms with Crippen LogP contribution in [0.2, 0.25) is 0 Å². The molecule has 0 aliphatic rings. The van der Waals surface area contributed by atoms with Crippen LogP contribution in [0, 0.1) is 6.92 Å². The summed E-state index contributed by atoms with van der Waals surface area (Å²) < 4.78 is 5.10. The Balaban J connectivity index is 2.48. The zero-order valence-electron chi connectivity index (χ0n) is 6.69. The van der Waals surface area contributed by atoms with Gasteiger partial charge in [0.25, 0.3) is 0 Å². The molecule has 0 bridgehead atoms. The Morgan fingerprint density at radius 2 is 2.17 bits per heavy atom. The van der Waals surface area contributed by atoms with Gasteiger partial charge in [0.05, 0.1) is 6.20 Å². The molecule has 0 N–H and O–H groups in total. The standard InChI is InChI=1S/C9H8N2O/c1-7-2-3-10-8(6-7)9-11-4-5-12-9/h2-6H,1H3. The van der Waals surface area contributed by atoms with Gasteiger partial charge in [-0.25, -0.2) is 4.98 Å². The van der Waals surface area contributed by atoms with Crippen molar-refractivity contribution >= 4 is 0 Å². The van der Waals surface area contributed by atoms with Crippen LogP contribution in [0.1, 0.15) is 5.56 Å². The van der Waals surface area contributed by atoms with Crippen molar-refractivity contribution < 1.29 is 4.42 Å². The summed E-state index contributed by atoms with van der Waals surface area (Å²) in [5, 5.41) is 0. The molecule has 3 heteroatoms. The lowest BCUT2D eigenvalue weighted by Crippen LogP contribution is -1.83. The molecule has 2 aromatic rings. The smallest absolute Gasteiger partial charge is 0.244 e. The second kappa shape index (κ2) is 2.77. The molecule has 0 saturated carbocycles. The molecular formula is C9H8N2O. The fourth-order valence-electron chi connectivity index (χ4n) is 1.00. The first-order valence-electron chi connectivity index (χ1n) is 3.69. The minimum Gasteiger partial charge on any atom is -0.443 e. The Hall–Kier alpha value is -1.64. The molecule has 2 rings (SSSR count). The minimum atomic E-state index is 0.568. The van der Waals surface area contributed by atoms with Crippen molar-refractivity contribution in [2.75, 3.05) is 0 Å². The fourth-order valence-corrected chi connectivity index (χ4v) is 1.00. The Bertz CT molecular complexity index is 368. The highest BCUT2D eigenvalue weighted by Gasteiger charge is 2.02. The van der Waals surface area contributed by atoms with Crippen LogP contribution in [0.3, 0.4) is 0 Å². The monoisotopic (exact) mass is 160 g/mol. The van der Waals surface area contributed by atoms with E-state index in [1.807, 2.05) is 19.1 Å². The number of rotatable bonds is 1. The molecule has 0 aromatic carbocycles. The Morgan fingerprint density at radius 1 is 1.25 bits per heavy atom. The molecule has 3 nitrogen and oxygen atoms in total. The van der Waals surface area contributed by atoms with E-state index in [0.717, 1.165) is 11.3 Å². The van der Waals surface area contributed by atoms with Crippen molar-refractivity contribution in [1.82, 2.24) is 9.97 Å². The maximum absolute atomic E-state index is 5.10. The molecule has 60 valence electrons. The van der Waals surface area contributed by atoms with E-state index >= 15 is 0 Å². The van der Waals surface area contributed by atoms with Crippen molar-refractivity contribution in [1.29, 1.82) is 0 Å². The van der Waals surface area contributed by atoms with Gasteiger partial charge in [0.2, 0.25) is 5.89 Å². The SMILES string of the molecule is Cc1ccnc(-c2ncco2)c1. The molecule has 2 heterocycles. The summed E-state index contributed by atoms with van der Waals surface area (Å²) in [5.74, 6) is 0.568. The van der Waals surface area contributed by atoms with Gasteiger partial charge in [0, 0.05) is 6.20 Å². The summed E-state index contributed by atoms with van der Waals surface area (Å²) in [6.07, 6.45) is 4.90. The van der Waals surface area contributed by atoms with Crippen molar-refractivity contribution in [3.8, 4) is 11.6 Å². The molecule has 2 aromatic heterocycles. The predicted molar refractivity (Wildman–Crippen MR) is 44.5 cm³/mol. The lowest BCUT2D eigenvalue weighted by atomic mass is 10.2. The van der Waals surface area contributed by atoms with E-state index in [1.54, 1.807) is 18.7 Å². The number of hydrogen-bond donors (Lipinski definition) is 0. The summed E-state index contributed by atoms with van der Waals surface area (Å²) in [6, 6.07) is 3.87. The summed E-state index contributed by atoms with van der Waals surface area (Å²) in [5.41, 5.74) is 1.93. The first-order chi connectivity index (χ1) is 5.86. The van der Waals surface area contributed by atoms with E-state index in [2.05, 4.69) is 9.97 Å². The third-order valence-electron chi connectivity index (χ3n) is 1.57. The molecule has 0 aliphatic carbocycles. The number of hydrogen-bond acceptors (Lipinski definition) is 3. The highest BCUT2D eigenvalue weighted by atomic mass is 16.3. The summed E-state index contributed by atoms with van der Waals surface area (Å²) in [7, 11) is 0. The summed E-state index contributed by atoms with van der Waals surface area (Å²) >= 11 is 0. The lowest BCUT2D eigenvalue weighted by molar-refractivity contribution is 0.572. The molecular weight excluding hydrogens is 152 g/mol. The van der Waals surface area contributed by atoms with Gasteiger partial charge in [0.15, 0.2) is 0 Å². The molecule has 0 atom stereocenters. The lowest BCUT2D eigenvalue weighted by Gasteiger charge is -1.94. The highest BCUT2D eigenvalue weighted by molar-refractivity contribution is 5.47. The van der Waals surface area contributed by atoms with E-state index in [-0.39, 0.29) is 0 Å². The Morgan fingerprint density at radius 3 is 2.83 bits per heavy atom. The average molecular weight is 160 g/mol. The second-order valence-electron chi connectivity index (χ2n) is 2.56. The maximum Gasteiger partial charge on any atom is 0.244 e. The van der Waals surface area contributed by atoms with Gasteiger partial charge in [-0.3, -0.25) is 4.98 Å². The van der Waals surface area contributed by atoms with Gasteiger partial charge >= 0.3 is 0 Å². The zero-order valence-corrected chi connectivity index (χ0v) is 6.69. The quantitative estimate of drug-likeness (QED) is 0.640. The van der Waals surface area contributed by atoms with Crippen LogP contribution < -0.4 is 0 Å². The van der Waals surface area contributed by atoms with Crippen LogP contribution in [0.25, 0.3) is 11.6 Å². The van der Waals surface area contributed by atoms with E-state index < -0.39 is 0 Å². The van der Waals surface area contributed by atoms with E-state index in [9.17, 15) is 0 Å². The van der Waals surface area contributed by atoms with Gasteiger partial charge in [-0.2, -0.15) is 0 Å². The number of oxazole rings is 1. The fraction of sp³-hybridized carbons (Fsp3) is 0.111. The average Bonchev–Trinajstić information content (AvgIpc) is 2.56. The van der Waals surface area contributed by atoms with Crippen LogP contribution in [-0.2, 0) is 0 Å². The molecule has 12 heavy (non-hydrogen) atoms. The molecule has 0 amide bonds. The van der Waals surface area contributed by atoms with Gasteiger partial charge in [-0.1, -0.05) is 0 Å². The Labute approximate surface area is 70.1 Å². The second-order valence-corrected chi connectivity index (χ2v) is 2.56. The molecule has 0 unspecified atom stereocenters. The van der Waals surface area contributed by atoms with Crippen LogP contribution in [0.15, 0.2) is 35.2 Å². The van der Waals surface area contributed by atoms with Gasteiger partial charge < -0.3 is 4.42 Å². The first kappa shape index (κ1) is 7.03. The summed E-state index contributed by atoms with van der Waals surface area (Å²) in [4.78, 5) is 8.12. The van der Waals surface area contributed by atoms with Crippen LogP contribution in [0.4, 0.5) is 0 Å². The van der Waals surface area contributed by atoms with Gasteiger partial charge in [-0.15, -0.1) is 0 Å². The third-order valence-corrected chi connectivity index (χ3v) is 1.57. The maximum atomic E-state index is 5.10. The molecule has 0 aliphatic heterocycles. The molecule has 0 spiro atoms. The topological polar surface area (TPSA) is 38.9 Å². The van der Waals surface area contributed by atoms with E-state index in [1.165, 1.54) is 0 Å². The predicted octanol–water partition coefficient (Wildman–Crippen LogP) is 2.05. The van der Waals surface area contributed by atoms with Crippen molar-refractivity contribution in [2.24, 2.45) is 0 Å². The molecule has 0 radical (unpaired) electrons. The van der Waals surface area contributed by atoms with Crippen molar-refractivity contribution in [3.05, 3.63) is 36.4 Å². The minimum absolute atomic E-state index is 0.568. The largest absolute Gasteiger partial charge is 0.443 e. The van der Waals surface area contributed by atoms with E-state index in [4.69, 9.17) is 4.42 Å². The van der Waals surface area contributed by atoms with Gasteiger partial charge in [0.1, 0.15) is 12.0 Å². The summed E-state index contributed by atoms with van der Waals surface area (Å²) in [6.45, 7) is 2.01. The van der Waals surface area contributed by atoms with Gasteiger partial charge in [-0.05, 0) is 24.6 Å². The highest BCUT2D eigenvalue weighted by Crippen LogP contribution is 2.14. The first-order valence-corrected chi connectivity index (χ1v) is 3.69. The van der Waals surface area contributed by atoms with Crippen molar-refractivity contribution in [2.45, 2.75) is 6.92 Å². The molecule has 0 saturated heterocycles. The number of nitrogens with zero attached hydrogens (tertiary/aromatic N) is 2. The number of aromatic nitrogens is 2. The van der Waals surface area contributed by atoms with Crippen LogP contribution in [-0.4, -0.2) is 9.97 Å². The van der Waals surface area contributed by atoms with E-state index in [0.29, 0.717) is 5.89 Å². The zero-order chi connectivity index (χ0) is 8.39. The number of pyridine rings is 1. The van der Waals surface area contributed by atoms with Crippen LogP contribution in [0.5, 0.6) is 0 Å². The van der Waals surface area contributed by atoms with Crippen LogP contribution >= 0.6 is 0 Å². The molecule has 0 fully saturated rings. The Kier molecular flexibility index (Phi) is 1.63. The third kappa shape index (κ3) is 1.21. The number of aryl methyl sites for hydroxylation is 1.